The van der Waals surface area contributed by atoms with Gasteiger partial charge in [-0.05, 0) is 18.3 Å². The van der Waals surface area contributed by atoms with Crippen LogP contribution in [-0.2, 0) is 4.74 Å². The van der Waals surface area contributed by atoms with E-state index in [9.17, 15) is 0 Å². The molecule has 74 valence electrons. The maximum Gasteiger partial charge on any atom is 0.0503 e. The first-order chi connectivity index (χ1) is 5.63. The Balaban J connectivity index is 3.90. The van der Waals surface area contributed by atoms with E-state index in [1.807, 2.05) is 0 Å². The fraction of sp³-hybridized carbons (Fsp3) is 1.00. The van der Waals surface area contributed by atoms with Crippen LogP contribution in [0.2, 0.25) is 0 Å². The molecule has 0 N–H and O–H groups in total. The Morgan fingerprint density at radius 2 is 1.92 bits per heavy atom. The number of halogens is 1. The van der Waals surface area contributed by atoms with Gasteiger partial charge in [-0.3, -0.25) is 0 Å². The molecule has 12 heavy (non-hydrogen) atoms. The van der Waals surface area contributed by atoms with E-state index in [0.29, 0.717) is 16.7 Å². The highest BCUT2D eigenvalue weighted by Gasteiger charge is 2.21. The molecule has 0 heterocycles. The van der Waals surface area contributed by atoms with Crippen molar-refractivity contribution >= 4 is 15.9 Å². The van der Waals surface area contributed by atoms with E-state index in [4.69, 9.17) is 4.74 Å². The lowest BCUT2D eigenvalue weighted by Crippen LogP contribution is -2.24. The Bertz CT molecular complexity index is 104. The Kier molecular flexibility index (Phi) is 7.16. The normalized spacial score (nSPS) is 16.5. The summed E-state index contributed by atoms with van der Waals surface area (Å²) in [6.45, 7) is 7.60. The van der Waals surface area contributed by atoms with Crippen molar-refractivity contribution < 1.29 is 4.74 Å². The molecule has 2 atom stereocenters. The van der Waals surface area contributed by atoms with Crippen molar-refractivity contribution in [3.63, 3.8) is 0 Å². The van der Waals surface area contributed by atoms with Crippen molar-refractivity contribution in [1.29, 1.82) is 0 Å². The van der Waals surface area contributed by atoms with Gasteiger partial charge in [0.1, 0.15) is 0 Å². The molecule has 0 saturated carbocycles. The predicted molar refractivity (Wildman–Crippen MR) is 57.8 cm³/mol. The molecule has 0 fully saturated rings. The van der Waals surface area contributed by atoms with Crippen LogP contribution in [0.4, 0.5) is 0 Å². The Labute approximate surface area is 85.0 Å². The van der Waals surface area contributed by atoms with Crippen LogP contribution in [0.25, 0.3) is 0 Å². The maximum absolute atomic E-state index is 5.20. The average molecular weight is 237 g/mol. The Hall–Kier alpha value is 0.440. The molecule has 0 saturated heterocycles. The highest BCUT2D eigenvalue weighted by molar-refractivity contribution is 9.09. The summed E-state index contributed by atoms with van der Waals surface area (Å²) in [4.78, 5) is 0.613. The number of alkyl halides is 1. The minimum Gasteiger partial charge on any atom is -0.384 e. The van der Waals surface area contributed by atoms with Gasteiger partial charge in [0.25, 0.3) is 0 Å². The Morgan fingerprint density at radius 3 is 2.25 bits per heavy atom. The van der Waals surface area contributed by atoms with Crippen LogP contribution in [0.5, 0.6) is 0 Å². The van der Waals surface area contributed by atoms with E-state index in [2.05, 4.69) is 36.7 Å². The van der Waals surface area contributed by atoms with Gasteiger partial charge in [-0.2, -0.15) is 0 Å². The lowest BCUT2D eigenvalue weighted by Gasteiger charge is -2.25. The monoisotopic (exact) mass is 236 g/mol. The van der Waals surface area contributed by atoms with E-state index < -0.39 is 0 Å². The summed E-state index contributed by atoms with van der Waals surface area (Å²) in [5.74, 6) is 1.34. The van der Waals surface area contributed by atoms with Crippen molar-refractivity contribution in [2.24, 2.45) is 11.8 Å². The van der Waals surface area contributed by atoms with Crippen molar-refractivity contribution in [3.8, 4) is 0 Å². The SMILES string of the molecule is CCCC(Br)C(COC)C(C)C. The molecule has 0 aromatic heterocycles. The summed E-state index contributed by atoms with van der Waals surface area (Å²) in [7, 11) is 1.78. The lowest BCUT2D eigenvalue weighted by molar-refractivity contribution is 0.127. The number of hydrogen-bond acceptors (Lipinski definition) is 1. The van der Waals surface area contributed by atoms with E-state index in [0.717, 1.165) is 6.61 Å². The molecule has 0 amide bonds. The number of ether oxygens (including phenoxy) is 1. The minimum absolute atomic E-state index is 0.613. The molecule has 0 bridgehead atoms. The van der Waals surface area contributed by atoms with Crippen LogP contribution in [-0.4, -0.2) is 18.5 Å². The third kappa shape index (κ3) is 4.46. The van der Waals surface area contributed by atoms with Crippen LogP contribution in [0, 0.1) is 11.8 Å². The largest absolute Gasteiger partial charge is 0.384 e. The van der Waals surface area contributed by atoms with Crippen LogP contribution >= 0.6 is 15.9 Å². The molecule has 2 heteroatoms. The van der Waals surface area contributed by atoms with E-state index in [1.54, 1.807) is 7.11 Å². The highest BCUT2D eigenvalue weighted by Crippen LogP contribution is 2.25. The lowest BCUT2D eigenvalue weighted by atomic mass is 9.91. The standard InChI is InChI=1S/C10H21BrO/c1-5-6-10(11)9(7-12-4)8(2)3/h8-10H,5-7H2,1-4H3. The van der Waals surface area contributed by atoms with Crippen molar-refractivity contribution in [2.75, 3.05) is 13.7 Å². The molecule has 0 aromatic rings. The maximum atomic E-state index is 5.20. The topological polar surface area (TPSA) is 9.23 Å². The first kappa shape index (κ1) is 12.4. The predicted octanol–water partition coefficient (Wildman–Crippen LogP) is 3.47. The van der Waals surface area contributed by atoms with E-state index in [-0.39, 0.29) is 0 Å². The molecule has 1 nitrogen and oxygen atoms in total. The molecular weight excluding hydrogens is 216 g/mol. The zero-order chi connectivity index (χ0) is 9.56. The number of rotatable bonds is 6. The molecular formula is C10H21BrO. The van der Waals surface area contributed by atoms with E-state index in [1.165, 1.54) is 12.8 Å². The number of hydrogen-bond donors (Lipinski definition) is 0. The van der Waals surface area contributed by atoms with Crippen LogP contribution in [0.1, 0.15) is 33.6 Å². The molecule has 0 aliphatic rings. The zero-order valence-corrected chi connectivity index (χ0v) is 10.2. The van der Waals surface area contributed by atoms with Crippen LogP contribution in [0.3, 0.4) is 0 Å². The van der Waals surface area contributed by atoms with Gasteiger partial charge in [0, 0.05) is 11.9 Å². The van der Waals surface area contributed by atoms with Gasteiger partial charge >= 0.3 is 0 Å². The Morgan fingerprint density at radius 1 is 1.33 bits per heavy atom. The second-order valence-corrected chi connectivity index (χ2v) is 4.84. The van der Waals surface area contributed by atoms with Gasteiger partial charge in [0.05, 0.1) is 6.61 Å². The summed E-state index contributed by atoms with van der Waals surface area (Å²) in [6.07, 6.45) is 2.48. The average Bonchev–Trinajstić information content (AvgIpc) is 1.99. The first-order valence-corrected chi connectivity index (χ1v) is 5.68. The van der Waals surface area contributed by atoms with Gasteiger partial charge in [0.15, 0.2) is 0 Å². The minimum atomic E-state index is 0.613. The van der Waals surface area contributed by atoms with Crippen molar-refractivity contribution in [1.82, 2.24) is 0 Å². The fourth-order valence-electron chi connectivity index (χ4n) is 1.40. The third-order valence-corrected chi connectivity index (χ3v) is 3.38. The fourth-order valence-corrected chi connectivity index (χ4v) is 2.62. The third-order valence-electron chi connectivity index (χ3n) is 2.24. The highest BCUT2D eigenvalue weighted by atomic mass is 79.9. The molecule has 0 rings (SSSR count). The van der Waals surface area contributed by atoms with Gasteiger partial charge < -0.3 is 4.74 Å². The molecule has 0 aliphatic carbocycles. The van der Waals surface area contributed by atoms with Crippen LogP contribution < -0.4 is 0 Å². The van der Waals surface area contributed by atoms with E-state index >= 15 is 0 Å². The molecule has 0 aliphatic heterocycles. The molecule has 0 spiro atoms. The van der Waals surface area contributed by atoms with Gasteiger partial charge in [0.2, 0.25) is 0 Å². The summed E-state index contributed by atoms with van der Waals surface area (Å²) < 4.78 is 5.20. The van der Waals surface area contributed by atoms with Crippen LogP contribution in [0.15, 0.2) is 0 Å². The molecule has 2 unspecified atom stereocenters. The van der Waals surface area contributed by atoms with Gasteiger partial charge in [-0.15, -0.1) is 0 Å². The second-order valence-electron chi connectivity index (χ2n) is 3.67. The smallest absolute Gasteiger partial charge is 0.0503 e. The molecule has 0 aromatic carbocycles. The summed E-state index contributed by atoms with van der Waals surface area (Å²) >= 11 is 3.73. The van der Waals surface area contributed by atoms with Gasteiger partial charge in [-0.1, -0.05) is 43.1 Å². The molecule has 0 radical (unpaired) electrons. The summed E-state index contributed by atoms with van der Waals surface area (Å²) in [5, 5.41) is 0. The summed E-state index contributed by atoms with van der Waals surface area (Å²) in [5.41, 5.74) is 0. The van der Waals surface area contributed by atoms with Crippen molar-refractivity contribution in [3.05, 3.63) is 0 Å². The quantitative estimate of drug-likeness (QED) is 0.643. The first-order valence-electron chi connectivity index (χ1n) is 4.76. The summed E-state index contributed by atoms with van der Waals surface area (Å²) in [6, 6.07) is 0. The van der Waals surface area contributed by atoms with Crippen molar-refractivity contribution in [2.45, 2.75) is 38.4 Å². The second kappa shape index (κ2) is 6.90. The van der Waals surface area contributed by atoms with Gasteiger partial charge in [-0.25, -0.2) is 0 Å². The zero-order valence-electron chi connectivity index (χ0n) is 8.64. The number of methoxy groups -OCH3 is 1.